The van der Waals surface area contributed by atoms with E-state index in [0.29, 0.717) is 12.5 Å². The van der Waals surface area contributed by atoms with Gasteiger partial charge in [-0.2, -0.15) is 0 Å². The van der Waals surface area contributed by atoms with Crippen LogP contribution in [0.3, 0.4) is 0 Å². The Balaban J connectivity index is 2.21. The molecule has 50 valence electrons. The summed E-state index contributed by atoms with van der Waals surface area (Å²) in [6.45, 7) is 2.77. The zero-order valence-electron chi connectivity index (χ0n) is 5.52. The molecule has 0 amide bonds. The maximum Gasteiger partial charge on any atom is 0.312 e. The Labute approximate surface area is 54.2 Å². The van der Waals surface area contributed by atoms with Gasteiger partial charge in [-0.1, -0.05) is 6.92 Å². The van der Waals surface area contributed by atoms with E-state index < -0.39 is 0 Å². The zero-order valence-corrected chi connectivity index (χ0v) is 5.52. The highest BCUT2D eigenvalue weighted by atomic mass is 16.5. The molecule has 2 unspecified atom stereocenters. The predicted molar refractivity (Wildman–Crippen MR) is 31.8 cm³/mol. The van der Waals surface area contributed by atoms with E-state index in [4.69, 9.17) is 4.74 Å². The third-order valence-corrected chi connectivity index (χ3v) is 2.64. The summed E-state index contributed by atoms with van der Waals surface area (Å²) in [6, 6.07) is 0. The first-order chi connectivity index (χ1) is 4.26. The summed E-state index contributed by atoms with van der Waals surface area (Å²) in [6.07, 6.45) is 2.03. The molecule has 1 saturated carbocycles. The topological polar surface area (TPSA) is 26.3 Å². The number of ether oxygens (including phenoxy) is 1. The van der Waals surface area contributed by atoms with Crippen molar-refractivity contribution in [2.75, 3.05) is 6.61 Å². The number of esters is 1. The molecule has 0 aromatic rings. The van der Waals surface area contributed by atoms with Crippen LogP contribution in [0.15, 0.2) is 0 Å². The molecule has 9 heavy (non-hydrogen) atoms. The zero-order chi connectivity index (χ0) is 6.48. The molecule has 2 heteroatoms. The molecule has 1 spiro atoms. The van der Waals surface area contributed by atoms with Crippen molar-refractivity contribution in [2.45, 2.75) is 19.8 Å². The minimum absolute atomic E-state index is 0. The van der Waals surface area contributed by atoms with Gasteiger partial charge in [0.25, 0.3) is 0 Å². The molecule has 2 aliphatic rings. The smallest absolute Gasteiger partial charge is 0.312 e. The van der Waals surface area contributed by atoms with E-state index in [0.717, 1.165) is 12.8 Å². The molecular weight excluding hydrogens is 116 g/mol. The van der Waals surface area contributed by atoms with Gasteiger partial charge in [0.1, 0.15) is 0 Å². The molecule has 1 aliphatic heterocycles. The Bertz CT molecular complexity index is 164. The summed E-state index contributed by atoms with van der Waals surface area (Å²) in [4.78, 5) is 10.9. The van der Waals surface area contributed by atoms with Crippen molar-refractivity contribution >= 4 is 5.97 Å². The van der Waals surface area contributed by atoms with Crippen molar-refractivity contribution < 1.29 is 9.53 Å². The molecule has 0 bridgehead atoms. The normalized spacial score (nSPS) is 47.7. The molecule has 2 rings (SSSR count). The lowest BCUT2D eigenvalue weighted by atomic mass is 10.0. The van der Waals surface area contributed by atoms with Gasteiger partial charge in [0.15, 0.2) is 0 Å². The summed E-state index contributed by atoms with van der Waals surface area (Å²) in [5.74, 6) is 0.641. The Morgan fingerprint density at radius 1 is 1.78 bits per heavy atom. The SMILES string of the molecule is CC1CC12CCOC2=O. The van der Waals surface area contributed by atoms with Gasteiger partial charge in [0.2, 0.25) is 0 Å². The average molecular weight is 126 g/mol. The average Bonchev–Trinajstić information content (AvgIpc) is 2.29. The van der Waals surface area contributed by atoms with Gasteiger partial charge >= 0.3 is 5.97 Å². The first-order valence-electron chi connectivity index (χ1n) is 3.43. The Morgan fingerprint density at radius 3 is 2.67 bits per heavy atom. The summed E-state index contributed by atoms with van der Waals surface area (Å²) in [7, 11) is 0. The first kappa shape index (κ1) is 5.27. The molecular formula is C7H10O2. The van der Waals surface area contributed by atoms with E-state index in [1.165, 1.54) is 0 Å². The van der Waals surface area contributed by atoms with Crippen LogP contribution in [0.5, 0.6) is 0 Å². The minimum atomic E-state index is 0. The quantitative estimate of drug-likeness (QED) is 0.452. The number of carbonyl (C=O) groups is 1. The lowest BCUT2D eigenvalue weighted by molar-refractivity contribution is -0.142. The number of carbonyl (C=O) groups excluding carboxylic acids is 1. The maximum atomic E-state index is 10.9. The maximum absolute atomic E-state index is 10.9. The Morgan fingerprint density at radius 2 is 2.44 bits per heavy atom. The fraction of sp³-hybridized carbons (Fsp3) is 0.857. The second-order valence-corrected chi connectivity index (χ2v) is 3.15. The molecule has 1 saturated heterocycles. The summed E-state index contributed by atoms with van der Waals surface area (Å²) in [5, 5.41) is 0. The standard InChI is InChI=1S/C7H10O2/c1-5-4-7(5)2-3-9-6(7)8/h5H,2-4H2,1H3. The number of rotatable bonds is 0. The largest absolute Gasteiger partial charge is 0.465 e. The van der Waals surface area contributed by atoms with Gasteiger partial charge < -0.3 is 4.74 Å². The lowest BCUT2D eigenvalue weighted by Gasteiger charge is -1.97. The highest BCUT2D eigenvalue weighted by Crippen LogP contribution is 2.58. The van der Waals surface area contributed by atoms with Crippen molar-refractivity contribution in [3.8, 4) is 0 Å². The molecule has 0 aromatic heterocycles. The van der Waals surface area contributed by atoms with E-state index in [2.05, 4.69) is 6.92 Å². The molecule has 2 nitrogen and oxygen atoms in total. The Kier molecular flexibility index (Phi) is 0.765. The third-order valence-electron chi connectivity index (χ3n) is 2.64. The molecule has 2 atom stereocenters. The van der Waals surface area contributed by atoms with Crippen molar-refractivity contribution in [1.29, 1.82) is 0 Å². The van der Waals surface area contributed by atoms with Crippen LogP contribution in [0.25, 0.3) is 0 Å². The van der Waals surface area contributed by atoms with E-state index >= 15 is 0 Å². The second kappa shape index (κ2) is 1.31. The molecule has 0 radical (unpaired) electrons. The monoisotopic (exact) mass is 126 g/mol. The van der Waals surface area contributed by atoms with Gasteiger partial charge in [-0.15, -0.1) is 0 Å². The summed E-state index contributed by atoms with van der Waals surface area (Å²) < 4.78 is 4.86. The van der Waals surface area contributed by atoms with Crippen molar-refractivity contribution in [3.05, 3.63) is 0 Å². The predicted octanol–water partition coefficient (Wildman–Crippen LogP) is 0.960. The van der Waals surface area contributed by atoms with E-state index in [-0.39, 0.29) is 11.4 Å². The number of hydrogen-bond donors (Lipinski definition) is 0. The molecule has 2 fully saturated rings. The first-order valence-corrected chi connectivity index (χ1v) is 3.43. The number of hydrogen-bond acceptors (Lipinski definition) is 2. The van der Waals surface area contributed by atoms with Crippen LogP contribution in [0, 0.1) is 11.3 Å². The van der Waals surface area contributed by atoms with Crippen LogP contribution < -0.4 is 0 Å². The molecule has 1 heterocycles. The summed E-state index contributed by atoms with van der Waals surface area (Å²) >= 11 is 0. The van der Waals surface area contributed by atoms with Crippen LogP contribution in [-0.2, 0) is 9.53 Å². The highest BCUT2D eigenvalue weighted by molar-refractivity contribution is 5.82. The number of cyclic esters (lactones) is 1. The van der Waals surface area contributed by atoms with E-state index in [1.54, 1.807) is 0 Å². The van der Waals surface area contributed by atoms with Gasteiger partial charge in [-0.25, -0.2) is 0 Å². The van der Waals surface area contributed by atoms with Crippen molar-refractivity contribution in [2.24, 2.45) is 11.3 Å². The second-order valence-electron chi connectivity index (χ2n) is 3.15. The summed E-state index contributed by atoms with van der Waals surface area (Å²) in [5.41, 5.74) is 0. The van der Waals surface area contributed by atoms with E-state index in [9.17, 15) is 4.79 Å². The highest BCUT2D eigenvalue weighted by Gasteiger charge is 2.60. The van der Waals surface area contributed by atoms with Gasteiger partial charge in [-0.3, -0.25) is 4.79 Å². The lowest BCUT2D eigenvalue weighted by Crippen LogP contribution is -2.09. The Hall–Kier alpha value is -0.530. The fourth-order valence-corrected chi connectivity index (χ4v) is 1.69. The van der Waals surface area contributed by atoms with Crippen LogP contribution >= 0.6 is 0 Å². The van der Waals surface area contributed by atoms with Gasteiger partial charge in [-0.05, 0) is 18.8 Å². The molecule has 0 aromatic carbocycles. The minimum Gasteiger partial charge on any atom is -0.465 e. The van der Waals surface area contributed by atoms with Crippen LogP contribution in [-0.4, -0.2) is 12.6 Å². The third kappa shape index (κ3) is 0.485. The van der Waals surface area contributed by atoms with E-state index in [1.807, 2.05) is 0 Å². The van der Waals surface area contributed by atoms with Gasteiger partial charge in [0.05, 0.1) is 12.0 Å². The van der Waals surface area contributed by atoms with Crippen LogP contribution in [0.2, 0.25) is 0 Å². The van der Waals surface area contributed by atoms with Crippen molar-refractivity contribution in [3.63, 3.8) is 0 Å². The van der Waals surface area contributed by atoms with Crippen molar-refractivity contribution in [1.82, 2.24) is 0 Å². The molecule has 0 N–H and O–H groups in total. The van der Waals surface area contributed by atoms with Gasteiger partial charge in [0, 0.05) is 0 Å². The van der Waals surface area contributed by atoms with Crippen LogP contribution in [0.1, 0.15) is 19.8 Å². The molecule has 1 aliphatic carbocycles. The fourth-order valence-electron chi connectivity index (χ4n) is 1.69. The van der Waals surface area contributed by atoms with Crippen LogP contribution in [0.4, 0.5) is 0 Å².